The maximum absolute atomic E-state index is 12.6. The van der Waals surface area contributed by atoms with Gasteiger partial charge >= 0.3 is 0 Å². The van der Waals surface area contributed by atoms with Gasteiger partial charge in [0.25, 0.3) is 6.33 Å². The van der Waals surface area contributed by atoms with Gasteiger partial charge in [-0.3, -0.25) is 4.79 Å². The Morgan fingerprint density at radius 1 is 1.29 bits per heavy atom. The van der Waals surface area contributed by atoms with Gasteiger partial charge in [-0.15, -0.1) is 0 Å². The van der Waals surface area contributed by atoms with Crippen LogP contribution in [0.3, 0.4) is 0 Å². The Kier molecular flexibility index (Phi) is 5.38. The quantitative estimate of drug-likeness (QED) is 0.259. The number of fused-ring (bicyclic) bond motifs is 2. The van der Waals surface area contributed by atoms with Gasteiger partial charge < -0.3 is 30.1 Å². The number of hydrogen-bond donors (Lipinski definition) is 3. The van der Waals surface area contributed by atoms with Crippen molar-refractivity contribution in [1.29, 1.82) is 0 Å². The first-order valence-electron chi connectivity index (χ1n) is 10.7. The third-order valence-electron chi connectivity index (χ3n) is 6.54. The van der Waals surface area contributed by atoms with E-state index in [0.29, 0.717) is 12.1 Å². The number of rotatable bonds is 6. The number of thiazole rings is 1. The van der Waals surface area contributed by atoms with Crippen molar-refractivity contribution in [3.8, 4) is 11.5 Å². The molecule has 1 aromatic carbocycles. The van der Waals surface area contributed by atoms with E-state index in [1.807, 2.05) is 34.7 Å². The fourth-order valence-electron chi connectivity index (χ4n) is 5.20. The topological polar surface area (TPSA) is 130 Å². The minimum Gasteiger partial charge on any atom is -0.543 e. The number of aliphatic carboxylic acids is 1. The molecule has 4 heterocycles. The number of β-lactam (4-membered cyclic amide) rings is 1. The number of thioether (sulfide) groups is 1. The molecule has 2 aliphatic heterocycles. The van der Waals surface area contributed by atoms with Gasteiger partial charge in [0.1, 0.15) is 24.2 Å². The van der Waals surface area contributed by atoms with Crippen molar-refractivity contribution >= 4 is 45.4 Å². The number of benzene rings is 1. The zero-order chi connectivity index (χ0) is 24.5. The van der Waals surface area contributed by atoms with E-state index in [4.69, 9.17) is 0 Å². The predicted octanol–water partition coefficient (Wildman–Crippen LogP) is 0.788. The van der Waals surface area contributed by atoms with Gasteiger partial charge in [-0.2, -0.15) is 4.40 Å². The molecule has 0 spiro atoms. The zero-order valence-corrected chi connectivity index (χ0v) is 20.3. The molecule has 5 rings (SSSR count). The molecule has 0 radical (unpaired) electrons. The molecule has 9 nitrogen and oxygen atoms in total. The minimum atomic E-state index is -1.40. The van der Waals surface area contributed by atoms with Crippen molar-refractivity contribution in [3.63, 3.8) is 0 Å². The molecule has 4 atom stereocenters. The highest BCUT2D eigenvalue weighted by atomic mass is 32.2. The molecule has 1 saturated heterocycles. The van der Waals surface area contributed by atoms with Crippen molar-refractivity contribution in [1.82, 2.24) is 9.47 Å². The van der Waals surface area contributed by atoms with Crippen LogP contribution in [0.25, 0.3) is 10.4 Å². The van der Waals surface area contributed by atoms with Crippen LogP contribution in [0.5, 0.6) is 11.5 Å². The van der Waals surface area contributed by atoms with Crippen LogP contribution in [-0.2, 0) is 16.1 Å². The first-order chi connectivity index (χ1) is 16.1. The Labute approximate surface area is 203 Å². The van der Waals surface area contributed by atoms with E-state index in [-0.39, 0.29) is 29.0 Å². The molecule has 34 heavy (non-hydrogen) atoms. The number of carbonyl (C=O) groups excluding carboxylic acids is 2. The summed E-state index contributed by atoms with van der Waals surface area (Å²) in [5.41, 5.74) is 1.17. The van der Waals surface area contributed by atoms with Crippen LogP contribution in [0.4, 0.5) is 0 Å². The van der Waals surface area contributed by atoms with Crippen LogP contribution in [0, 0.1) is 11.8 Å². The summed E-state index contributed by atoms with van der Waals surface area (Å²) in [5, 5.41) is 42.6. The van der Waals surface area contributed by atoms with Crippen molar-refractivity contribution in [2.75, 3.05) is 6.26 Å². The Hall–Kier alpha value is -3.02. The molecule has 1 fully saturated rings. The van der Waals surface area contributed by atoms with Gasteiger partial charge in [-0.05, 0) is 25.3 Å². The first kappa shape index (κ1) is 22.8. The van der Waals surface area contributed by atoms with Crippen LogP contribution in [-0.4, -0.2) is 55.1 Å². The standard InChI is InChI=1S/C23H23N3O6S2/c1-10-16(19(23(31)32)26-18(10)17(11(2)27)20(26)30)15-8-25-9-24(21(33-3)22(25)34-15)7-12-4-13(28)6-14(29)5-12/h4-6,8-11,17-18,27H,7H2,1-3H3,(H2-,28,29,31,32)/t10-,11+,17+,18+/m0/s1. The first-order valence-corrected chi connectivity index (χ1v) is 12.7. The summed E-state index contributed by atoms with van der Waals surface area (Å²) in [6, 6.07) is 4.05. The van der Waals surface area contributed by atoms with E-state index < -0.39 is 24.0 Å². The lowest BCUT2D eigenvalue weighted by Gasteiger charge is -2.47. The smallest absolute Gasteiger partial charge is 0.250 e. The van der Waals surface area contributed by atoms with E-state index in [0.717, 1.165) is 20.3 Å². The number of phenols is 2. The Morgan fingerprint density at radius 3 is 2.56 bits per heavy atom. The largest absolute Gasteiger partial charge is 0.543 e. The molecule has 0 unspecified atom stereocenters. The Balaban J connectivity index is 1.56. The minimum absolute atomic E-state index is 0.0174. The number of phenolic OH excluding ortho intramolecular Hbond substituents is 2. The van der Waals surface area contributed by atoms with Gasteiger partial charge in [0.2, 0.25) is 15.8 Å². The van der Waals surface area contributed by atoms with Crippen molar-refractivity contribution in [2.24, 2.45) is 11.8 Å². The summed E-state index contributed by atoms with van der Waals surface area (Å²) in [6.45, 7) is 3.85. The van der Waals surface area contributed by atoms with Crippen LogP contribution in [0.2, 0.25) is 0 Å². The van der Waals surface area contributed by atoms with E-state index in [2.05, 4.69) is 0 Å². The molecular weight excluding hydrogens is 478 g/mol. The lowest BCUT2D eigenvalue weighted by Crippen LogP contribution is -2.64. The number of hydrogen-bond acceptors (Lipinski definition) is 8. The second kappa shape index (κ2) is 8.03. The second-order valence-corrected chi connectivity index (χ2v) is 10.5. The molecule has 0 bridgehead atoms. The molecule has 3 aromatic rings. The monoisotopic (exact) mass is 501 g/mol. The molecule has 11 heteroatoms. The molecule has 178 valence electrons. The SMILES string of the molecule is CSc1c2sc(C3=C(C(=O)[O-])N4C(=O)[C@H]([C@@H](C)O)[C@H]4[C@H]3C)c[n+]2cn1Cc1cc(O)cc(O)c1. The van der Waals surface area contributed by atoms with E-state index >= 15 is 0 Å². The summed E-state index contributed by atoms with van der Waals surface area (Å²) in [6.07, 6.45) is 4.79. The summed E-state index contributed by atoms with van der Waals surface area (Å²) < 4.78 is 3.89. The van der Waals surface area contributed by atoms with Crippen LogP contribution in [0.15, 0.2) is 41.4 Å². The number of carbonyl (C=O) groups is 2. The van der Waals surface area contributed by atoms with Crippen molar-refractivity contribution in [3.05, 3.63) is 46.9 Å². The lowest BCUT2D eigenvalue weighted by atomic mass is 9.77. The number of amides is 1. The highest BCUT2D eigenvalue weighted by Crippen LogP contribution is 2.51. The van der Waals surface area contributed by atoms with Gasteiger partial charge in [-0.1, -0.05) is 30.0 Å². The van der Waals surface area contributed by atoms with Crippen molar-refractivity contribution < 1.29 is 34.4 Å². The summed E-state index contributed by atoms with van der Waals surface area (Å²) in [7, 11) is 0. The number of nitrogens with zero attached hydrogens (tertiary/aromatic N) is 3. The molecular formula is C23H23N3O6S2. The number of aromatic nitrogens is 2. The summed E-state index contributed by atoms with van der Waals surface area (Å²) in [4.78, 5) is 27.6. The molecule has 2 aliphatic rings. The maximum atomic E-state index is 12.6. The van der Waals surface area contributed by atoms with Gasteiger partial charge in [0.05, 0.1) is 34.6 Å². The average molecular weight is 502 g/mol. The third-order valence-corrected chi connectivity index (χ3v) is 8.63. The van der Waals surface area contributed by atoms with E-state index in [1.54, 1.807) is 19.1 Å². The maximum Gasteiger partial charge on any atom is 0.250 e. The zero-order valence-electron chi connectivity index (χ0n) is 18.6. The van der Waals surface area contributed by atoms with Crippen LogP contribution in [0.1, 0.15) is 24.3 Å². The summed E-state index contributed by atoms with van der Waals surface area (Å²) in [5.74, 6) is -2.72. The number of carboxylic acids is 1. The number of aliphatic hydroxyl groups is 1. The highest BCUT2D eigenvalue weighted by molar-refractivity contribution is 7.98. The predicted molar refractivity (Wildman–Crippen MR) is 123 cm³/mol. The molecule has 0 saturated carbocycles. The average Bonchev–Trinajstić information content (AvgIpc) is 3.34. The van der Waals surface area contributed by atoms with Gasteiger partial charge in [0.15, 0.2) is 0 Å². The Morgan fingerprint density at radius 2 is 1.97 bits per heavy atom. The number of aromatic hydroxyl groups is 2. The van der Waals surface area contributed by atoms with Crippen LogP contribution < -0.4 is 9.51 Å². The fraction of sp³-hybridized carbons (Fsp3) is 0.348. The molecule has 3 N–H and O–H groups in total. The molecule has 2 aromatic heterocycles. The van der Waals surface area contributed by atoms with Crippen molar-refractivity contribution in [2.45, 2.75) is 37.6 Å². The highest BCUT2D eigenvalue weighted by Gasteiger charge is 2.59. The number of aliphatic hydroxyl groups excluding tert-OH is 1. The van der Waals surface area contributed by atoms with E-state index in [9.17, 15) is 30.0 Å². The van der Waals surface area contributed by atoms with Gasteiger partial charge in [-0.25, -0.2) is 4.57 Å². The Bertz CT molecular complexity index is 1350. The lowest BCUT2D eigenvalue weighted by molar-refractivity contribution is -0.508. The van der Waals surface area contributed by atoms with Gasteiger partial charge in [0, 0.05) is 23.1 Å². The molecule has 0 aliphatic carbocycles. The number of imidazole rings is 1. The van der Waals surface area contributed by atoms with E-state index in [1.165, 1.54) is 34.1 Å². The molecule has 1 amide bonds. The van der Waals surface area contributed by atoms with Crippen LogP contribution >= 0.6 is 23.1 Å². The number of carboxylic acid groups (broad SMARTS) is 1. The third kappa shape index (κ3) is 3.29. The fourth-order valence-corrected chi connectivity index (χ4v) is 7.38. The summed E-state index contributed by atoms with van der Waals surface area (Å²) >= 11 is 2.95. The second-order valence-electron chi connectivity index (χ2n) is 8.72. The normalized spacial score (nSPS) is 22.9.